The maximum absolute atomic E-state index is 11.1. The fourth-order valence-electron chi connectivity index (χ4n) is 1.77. The molecule has 0 aromatic heterocycles. The zero-order valence-electron chi connectivity index (χ0n) is 10.9. The Bertz CT molecular complexity index is 438. The average molecular weight is 233 g/mol. The van der Waals surface area contributed by atoms with Crippen molar-refractivity contribution < 1.29 is 9.59 Å². The molecule has 0 unspecified atom stereocenters. The summed E-state index contributed by atoms with van der Waals surface area (Å²) >= 11 is 0. The van der Waals surface area contributed by atoms with Gasteiger partial charge in [-0.1, -0.05) is 12.1 Å². The van der Waals surface area contributed by atoms with Gasteiger partial charge >= 0.3 is 0 Å². The van der Waals surface area contributed by atoms with Crippen LogP contribution in [0.15, 0.2) is 12.1 Å². The molecule has 1 aromatic carbocycles. The van der Waals surface area contributed by atoms with Crippen molar-refractivity contribution in [1.29, 1.82) is 0 Å². The number of aryl methyl sites for hydroxylation is 1. The van der Waals surface area contributed by atoms with Crippen LogP contribution in [0.4, 0.5) is 0 Å². The third kappa shape index (κ3) is 3.16. The number of amides is 1. The number of carbonyl (C=O) groups excluding carboxylic acids is 2. The molecule has 0 saturated carbocycles. The molecule has 1 aromatic rings. The standard InChI is InChI=1S/C14H19NO2/c1-10-5-6-13(12(3)11(10)2)7-8-15(4)14(17)9-16/h5-6,9H,7-8H2,1-4H3. The number of likely N-dealkylation sites (N-methyl/N-ethyl adjacent to an activating group) is 1. The highest BCUT2D eigenvalue weighted by Crippen LogP contribution is 2.17. The van der Waals surface area contributed by atoms with Crippen LogP contribution in [0.5, 0.6) is 0 Å². The van der Waals surface area contributed by atoms with Crippen molar-refractivity contribution >= 4 is 12.2 Å². The van der Waals surface area contributed by atoms with Crippen LogP contribution in [-0.2, 0) is 16.0 Å². The third-order valence-corrected chi connectivity index (χ3v) is 3.36. The lowest BCUT2D eigenvalue weighted by Gasteiger charge is -2.16. The van der Waals surface area contributed by atoms with E-state index in [-0.39, 0.29) is 0 Å². The maximum Gasteiger partial charge on any atom is 0.286 e. The molecule has 0 fully saturated rings. The van der Waals surface area contributed by atoms with Gasteiger partial charge in [0.2, 0.25) is 6.29 Å². The molecule has 0 atom stereocenters. The van der Waals surface area contributed by atoms with E-state index in [0.717, 1.165) is 6.42 Å². The molecule has 1 rings (SSSR count). The molecule has 0 aliphatic rings. The number of rotatable bonds is 4. The van der Waals surface area contributed by atoms with Crippen molar-refractivity contribution in [3.63, 3.8) is 0 Å². The van der Waals surface area contributed by atoms with E-state index in [4.69, 9.17) is 0 Å². The van der Waals surface area contributed by atoms with Gasteiger partial charge in [-0.25, -0.2) is 0 Å². The first-order chi connectivity index (χ1) is 7.97. The molecular formula is C14H19NO2. The Morgan fingerprint density at radius 3 is 2.47 bits per heavy atom. The summed E-state index contributed by atoms with van der Waals surface area (Å²) in [5.74, 6) is -0.466. The maximum atomic E-state index is 11.1. The van der Waals surface area contributed by atoms with Gasteiger partial charge in [-0.05, 0) is 49.4 Å². The molecule has 3 nitrogen and oxygen atoms in total. The summed E-state index contributed by atoms with van der Waals surface area (Å²) in [4.78, 5) is 22.9. The minimum Gasteiger partial charge on any atom is -0.339 e. The first-order valence-electron chi connectivity index (χ1n) is 5.73. The molecule has 0 bridgehead atoms. The summed E-state index contributed by atoms with van der Waals surface area (Å²) in [6, 6.07) is 4.19. The van der Waals surface area contributed by atoms with Crippen LogP contribution in [0.25, 0.3) is 0 Å². The third-order valence-electron chi connectivity index (χ3n) is 3.36. The Kier molecular flexibility index (Phi) is 4.44. The highest BCUT2D eigenvalue weighted by Gasteiger charge is 2.08. The lowest BCUT2D eigenvalue weighted by Crippen LogP contribution is -2.29. The highest BCUT2D eigenvalue weighted by atomic mass is 16.2. The van der Waals surface area contributed by atoms with Gasteiger partial charge < -0.3 is 4.90 Å². The Labute approximate surface area is 102 Å². The van der Waals surface area contributed by atoms with Gasteiger partial charge in [0.1, 0.15) is 0 Å². The van der Waals surface area contributed by atoms with Crippen LogP contribution in [0.1, 0.15) is 22.3 Å². The summed E-state index contributed by atoms with van der Waals surface area (Å²) in [5, 5.41) is 0. The summed E-state index contributed by atoms with van der Waals surface area (Å²) in [6.45, 7) is 6.86. The van der Waals surface area contributed by atoms with Crippen LogP contribution in [0.3, 0.4) is 0 Å². The predicted octanol–water partition coefficient (Wildman–Crippen LogP) is 1.81. The van der Waals surface area contributed by atoms with Crippen LogP contribution in [0, 0.1) is 20.8 Å². The molecule has 0 aliphatic carbocycles. The van der Waals surface area contributed by atoms with Gasteiger partial charge in [-0.2, -0.15) is 0 Å². The van der Waals surface area contributed by atoms with Crippen LogP contribution in [-0.4, -0.2) is 30.7 Å². The normalized spacial score (nSPS) is 10.1. The average Bonchev–Trinajstić information content (AvgIpc) is 2.33. The minimum atomic E-state index is -0.466. The molecule has 0 radical (unpaired) electrons. The van der Waals surface area contributed by atoms with Gasteiger partial charge in [-0.3, -0.25) is 9.59 Å². The number of carbonyl (C=O) groups is 2. The SMILES string of the molecule is Cc1ccc(CCN(C)C(=O)C=O)c(C)c1C. The number of hydrogen-bond donors (Lipinski definition) is 0. The van der Waals surface area contributed by atoms with Gasteiger partial charge in [0, 0.05) is 13.6 Å². The molecule has 17 heavy (non-hydrogen) atoms. The zero-order chi connectivity index (χ0) is 13.0. The van der Waals surface area contributed by atoms with E-state index in [9.17, 15) is 9.59 Å². The van der Waals surface area contributed by atoms with Crippen molar-refractivity contribution in [3.8, 4) is 0 Å². The van der Waals surface area contributed by atoms with E-state index in [2.05, 4.69) is 32.9 Å². The van der Waals surface area contributed by atoms with E-state index in [0.29, 0.717) is 12.8 Å². The van der Waals surface area contributed by atoms with E-state index in [1.165, 1.54) is 27.2 Å². The van der Waals surface area contributed by atoms with Gasteiger partial charge in [0.25, 0.3) is 5.91 Å². The van der Waals surface area contributed by atoms with Gasteiger partial charge in [-0.15, -0.1) is 0 Å². The Hall–Kier alpha value is -1.64. The molecule has 0 aliphatic heterocycles. The quantitative estimate of drug-likeness (QED) is 0.587. The van der Waals surface area contributed by atoms with Crippen LogP contribution >= 0.6 is 0 Å². The second kappa shape index (κ2) is 5.62. The number of hydrogen-bond acceptors (Lipinski definition) is 2. The lowest BCUT2D eigenvalue weighted by atomic mass is 9.97. The Balaban J connectivity index is 2.73. The molecule has 0 spiro atoms. The topological polar surface area (TPSA) is 37.4 Å². The lowest BCUT2D eigenvalue weighted by molar-refractivity contribution is -0.137. The molecule has 92 valence electrons. The van der Waals surface area contributed by atoms with Crippen molar-refractivity contribution in [1.82, 2.24) is 4.90 Å². The molecular weight excluding hydrogens is 214 g/mol. The summed E-state index contributed by atoms with van der Waals surface area (Å²) < 4.78 is 0. The van der Waals surface area contributed by atoms with Crippen molar-refractivity contribution in [2.45, 2.75) is 27.2 Å². The van der Waals surface area contributed by atoms with Crippen molar-refractivity contribution in [2.24, 2.45) is 0 Å². The van der Waals surface area contributed by atoms with Gasteiger partial charge in [0.05, 0.1) is 0 Å². The summed E-state index contributed by atoms with van der Waals surface area (Å²) in [6.07, 6.45) is 1.14. The van der Waals surface area contributed by atoms with Crippen LogP contribution < -0.4 is 0 Å². The second-order valence-corrected chi connectivity index (χ2v) is 4.42. The highest BCUT2D eigenvalue weighted by molar-refractivity contribution is 6.23. The smallest absolute Gasteiger partial charge is 0.286 e. The van der Waals surface area contributed by atoms with E-state index in [1.807, 2.05) is 0 Å². The number of benzene rings is 1. The Morgan fingerprint density at radius 2 is 1.88 bits per heavy atom. The summed E-state index contributed by atoms with van der Waals surface area (Å²) in [5.41, 5.74) is 5.09. The van der Waals surface area contributed by atoms with E-state index < -0.39 is 5.91 Å². The molecule has 3 heteroatoms. The molecule has 0 N–H and O–H groups in total. The predicted molar refractivity (Wildman–Crippen MR) is 68.1 cm³/mol. The van der Waals surface area contributed by atoms with Crippen molar-refractivity contribution in [2.75, 3.05) is 13.6 Å². The first-order valence-corrected chi connectivity index (χ1v) is 5.73. The summed E-state index contributed by atoms with van der Waals surface area (Å²) in [7, 11) is 1.65. The Morgan fingerprint density at radius 1 is 1.24 bits per heavy atom. The van der Waals surface area contributed by atoms with E-state index >= 15 is 0 Å². The van der Waals surface area contributed by atoms with Crippen LogP contribution in [0.2, 0.25) is 0 Å². The fraction of sp³-hybridized carbons (Fsp3) is 0.429. The van der Waals surface area contributed by atoms with E-state index in [1.54, 1.807) is 7.05 Å². The monoisotopic (exact) mass is 233 g/mol. The van der Waals surface area contributed by atoms with Gasteiger partial charge in [0.15, 0.2) is 0 Å². The largest absolute Gasteiger partial charge is 0.339 e. The minimum absolute atomic E-state index is 0.354. The first kappa shape index (κ1) is 13.4. The zero-order valence-corrected chi connectivity index (χ0v) is 10.9. The fourth-order valence-corrected chi connectivity index (χ4v) is 1.77. The second-order valence-electron chi connectivity index (χ2n) is 4.42. The molecule has 1 amide bonds. The van der Waals surface area contributed by atoms with Crippen molar-refractivity contribution in [3.05, 3.63) is 34.4 Å². The molecule has 0 heterocycles. The number of nitrogens with zero attached hydrogens (tertiary/aromatic N) is 1. The number of aldehydes is 1. The molecule has 0 saturated heterocycles.